The molecule has 0 saturated heterocycles. The molecule has 0 unspecified atom stereocenters. The van der Waals surface area contributed by atoms with E-state index in [1.54, 1.807) is 6.20 Å². The van der Waals surface area contributed by atoms with Crippen LogP contribution in [0.1, 0.15) is 40.2 Å². The largest absolute Gasteiger partial charge is 0.382 e. The quantitative estimate of drug-likeness (QED) is 0.931. The summed E-state index contributed by atoms with van der Waals surface area (Å²) in [4.78, 5) is 16.6. The fraction of sp³-hybridized carbons (Fsp3) is 0.500. The Hall–Kier alpha value is -1.84. The summed E-state index contributed by atoms with van der Waals surface area (Å²) in [5, 5.41) is 3.95. The van der Waals surface area contributed by atoms with E-state index in [1.165, 1.54) is 0 Å². The molecular weight excluding hydrogens is 250 g/mol. The van der Waals surface area contributed by atoms with E-state index in [0.29, 0.717) is 11.4 Å². The Labute approximate surface area is 120 Å². The molecule has 0 aromatic carbocycles. The lowest BCUT2D eigenvalue weighted by molar-refractivity contribution is 0.772. The number of hydrogen-bond donors (Lipinski definition) is 1. The average Bonchev–Trinajstić information content (AvgIpc) is 2.44. The highest BCUT2D eigenvalue weighted by molar-refractivity contribution is 5.79. The molecule has 2 aromatic heterocycles. The summed E-state index contributed by atoms with van der Waals surface area (Å²) in [5.41, 5.74) is 2.47. The van der Waals surface area contributed by atoms with Gasteiger partial charge in [-0.05, 0) is 33.8 Å². The number of anilines is 1. The molecule has 4 nitrogen and oxygen atoms in total. The number of aromatic nitrogens is 2. The molecule has 110 valence electrons. The molecule has 2 heterocycles. The first-order chi connectivity index (χ1) is 9.52. The molecule has 1 N–H and O–H groups in total. The first-order valence-electron chi connectivity index (χ1n) is 7.29. The molecular formula is C16H25N3O. The molecule has 0 saturated carbocycles. The van der Waals surface area contributed by atoms with Crippen molar-refractivity contribution in [3.8, 4) is 0 Å². The third kappa shape index (κ3) is 3.38. The number of nitrogens with zero attached hydrogens (tertiary/aromatic N) is 2. The van der Waals surface area contributed by atoms with E-state index in [-0.39, 0.29) is 5.43 Å². The topological polar surface area (TPSA) is 46.9 Å². The van der Waals surface area contributed by atoms with Crippen LogP contribution in [0.25, 0.3) is 11.0 Å². The van der Waals surface area contributed by atoms with Crippen LogP contribution in [0.15, 0.2) is 23.3 Å². The molecule has 2 aromatic rings. The maximum absolute atomic E-state index is 12.2. The molecule has 20 heavy (non-hydrogen) atoms. The van der Waals surface area contributed by atoms with Crippen molar-refractivity contribution < 1.29 is 0 Å². The van der Waals surface area contributed by atoms with Crippen LogP contribution in [-0.4, -0.2) is 15.6 Å². The van der Waals surface area contributed by atoms with E-state index in [4.69, 9.17) is 0 Å². The third-order valence-corrected chi connectivity index (χ3v) is 2.89. The second kappa shape index (κ2) is 7.08. The molecule has 0 spiro atoms. The van der Waals surface area contributed by atoms with Crippen molar-refractivity contribution in [2.75, 3.05) is 5.32 Å². The van der Waals surface area contributed by atoms with Crippen molar-refractivity contribution in [3.05, 3.63) is 34.2 Å². The fourth-order valence-corrected chi connectivity index (χ4v) is 2.07. The number of rotatable bonds is 3. The van der Waals surface area contributed by atoms with Gasteiger partial charge in [-0.25, -0.2) is 4.98 Å². The van der Waals surface area contributed by atoms with Crippen LogP contribution in [0, 0.1) is 6.92 Å². The van der Waals surface area contributed by atoms with E-state index >= 15 is 0 Å². The Morgan fingerprint density at radius 1 is 1.35 bits per heavy atom. The summed E-state index contributed by atoms with van der Waals surface area (Å²) in [7, 11) is 0. The van der Waals surface area contributed by atoms with Crippen LogP contribution < -0.4 is 10.7 Å². The Kier molecular flexibility index (Phi) is 5.74. The van der Waals surface area contributed by atoms with Gasteiger partial charge in [-0.2, -0.15) is 0 Å². The maximum Gasteiger partial charge on any atom is 0.193 e. The van der Waals surface area contributed by atoms with E-state index in [0.717, 1.165) is 23.4 Å². The minimum Gasteiger partial charge on any atom is -0.382 e. The molecule has 0 aliphatic carbocycles. The van der Waals surface area contributed by atoms with Gasteiger partial charge in [-0.3, -0.25) is 4.79 Å². The number of fused-ring (bicyclic) bond motifs is 1. The van der Waals surface area contributed by atoms with Gasteiger partial charge < -0.3 is 9.88 Å². The smallest absolute Gasteiger partial charge is 0.193 e. The Morgan fingerprint density at radius 3 is 2.55 bits per heavy atom. The van der Waals surface area contributed by atoms with E-state index in [9.17, 15) is 4.79 Å². The summed E-state index contributed by atoms with van der Waals surface area (Å²) in [5.74, 6) is 0. The van der Waals surface area contributed by atoms with Gasteiger partial charge in [0.25, 0.3) is 0 Å². The summed E-state index contributed by atoms with van der Waals surface area (Å²) in [6.07, 6.45) is 3.65. The van der Waals surface area contributed by atoms with Crippen LogP contribution in [0.5, 0.6) is 0 Å². The van der Waals surface area contributed by atoms with E-state index in [1.807, 2.05) is 44.5 Å². The highest BCUT2D eigenvalue weighted by atomic mass is 16.1. The fourth-order valence-electron chi connectivity index (χ4n) is 2.07. The van der Waals surface area contributed by atoms with Gasteiger partial charge in [0, 0.05) is 24.3 Å². The van der Waals surface area contributed by atoms with Crippen LogP contribution in [-0.2, 0) is 6.54 Å². The summed E-state index contributed by atoms with van der Waals surface area (Å²) >= 11 is 0. The van der Waals surface area contributed by atoms with Crippen molar-refractivity contribution >= 4 is 16.7 Å². The van der Waals surface area contributed by atoms with Crippen LogP contribution >= 0.6 is 0 Å². The Balaban J connectivity index is 0.000000956. The SMILES string of the molecule is CC.CCn1cc(C)c(=O)c2cc(NC(C)C)cnc21. The lowest BCUT2D eigenvalue weighted by Gasteiger charge is -2.12. The first kappa shape index (κ1) is 16.2. The molecule has 0 radical (unpaired) electrons. The molecule has 4 heteroatoms. The van der Waals surface area contributed by atoms with Crippen molar-refractivity contribution in [1.82, 2.24) is 9.55 Å². The molecule has 0 aliphatic heterocycles. The van der Waals surface area contributed by atoms with Crippen molar-refractivity contribution in [3.63, 3.8) is 0 Å². The van der Waals surface area contributed by atoms with E-state index in [2.05, 4.69) is 24.1 Å². The van der Waals surface area contributed by atoms with Gasteiger partial charge >= 0.3 is 0 Å². The van der Waals surface area contributed by atoms with Gasteiger partial charge in [0.1, 0.15) is 5.65 Å². The van der Waals surface area contributed by atoms with Gasteiger partial charge in [0.2, 0.25) is 0 Å². The Bertz CT molecular complexity index is 629. The summed E-state index contributed by atoms with van der Waals surface area (Å²) in [6.45, 7) is 12.8. The van der Waals surface area contributed by atoms with Crippen LogP contribution in [0.4, 0.5) is 5.69 Å². The number of pyridine rings is 2. The molecule has 0 aliphatic rings. The lowest BCUT2D eigenvalue weighted by Crippen LogP contribution is -2.15. The zero-order chi connectivity index (χ0) is 15.3. The zero-order valence-electron chi connectivity index (χ0n) is 13.3. The minimum atomic E-state index is 0.0645. The monoisotopic (exact) mass is 275 g/mol. The predicted molar refractivity (Wildman–Crippen MR) is 86.5 cm³/mol. The van der Waals surface area contributed by atoms with Gasteiger partial charge in [0.15, 0.2) is 5.43 Å². The number of aryl methyl sites for hydroxylation is 2. The summed E-state index contributed by atoms with van der Waals surface area (Å²) < 4.78 is 2.01. The van der Waals surface area contributed by atoms with Gasteiger partial charge in [-0.15, -0.1) is 0 Å². The van der Waals surface area contributed by atoms with Crippen molar-refractivity contribution in [2.45, 2.75) is 54.1 Å². The van der Waals surface area contributed by atoms with Crippen molar-refractivity contribution in [2.24, 2.45) is 0 Å². The number of hydrogen-bond acceptors (Lipinski definition) is 3. The molecule has 2 rings (SSSR count). The number of nitrogens with one attached hydrogen (secondary N) is 1. The second-order valence-electron chi connectivity index (χ2n) is 4.82. The summed E-state index contributed by atoms with van der Waals surface area (Å²) in [6, 6.07) is 2.21. The standard InChI is InChI=1S/C14H19N3O.C2H6/c1-5-17-8-10(4)13(18)12-6-11(16-9(2)3)7-15-14(12)17;1-2/h6-9,16H,5H2,1-4H3;1-2H3. The third-order valence-electron chi connectivity index (χ3n) is 2.89. The molecule has 0 fully saturated rings. The normalized spacial score (nSPS) is 10.3. The van der Waals surface area contributed by atoms with Crippen LogP contribution in [0.2, 0.25) is 0 Å². The highest BCUT2D eigenvalue weighted by Crippen LogP contribution is 2.15. The molecule has 0 atom stereocenters. The van der Waals surface area contributed by atoms with E-state index < -0.39 is 0 Å². The lowest BCUT2D eigenvalue weighted by atomic mass is 10.2. The minimum absolute atomic E-state index is 0.0645. The maximum atomic E-state index is 12.2. The van der Waals surface area contributed by atoms with Gasteiger partial charge in [0.05, 0.1) is 17.3 Å². The Morgan fingerprint density at radius 2 is 2.00 bits per heavy atom. The van der Waals surface area contributed by atoms with Crippen LogP contribution in [0.3, 0.4) is 0 Å². The predicted octanol–water partition coefficient (Wildman–Crippen LogP) is 3.57. The highest BCUT2D eigenvalue weighted by Gasteiger charge is 2.08. The second-order valence-corrected chi connectivity index (χ2v) is 4.82. The zero-order valence-corrected chi connectivity index (χ0v) is 13.3. The molecule has 0 bridgehead atoms. The average molecular weight is 275 g/mol. The first-order valence-corrected chi connectivity index (χ1v) is 7.29. The van der Waals surface area contributed by atoms with Crippen molar-refractivity contribution in [1.29, 1.82) is 0 Å². The van der Waals surface area contributed by atoms with Gasteiger partial charge in [-0.1, -0.05) is 13.8 Å². The molecule has 0 amide bonds.